The van der Waals surface area contributed by atoms with Gasteiger partial charge in [0.2, 0.25) is 0 Å². The Balaban J connectivity index is 2.28. The van der Waals surface area contributed by atoms with Crippen molar-refractivity contribution in [2.24, 2.45) is 0 Å². The second kappa shape index (κ2) is 5.58. The minimum Gasteiger partial charge on any atom is -0.398 e. The number of anilines is 2. The topological polar surface area (TPSA) is 55.1 Å². The molecule has 3 N–H and O–H groups in total. The maximum Gasteiger partial charge on any atom is 0.255 e. The Labute approximate surface area is 122 Å². The van der Waals surface area contributed by atoms with Crippen LogP contribution in [0.2, 0.25) is 0 Å². The Morgan fingerprint density at radius 2 is 1.95 bits per heavy atom. The second-order valence-electron chi connectivity index (χ2n) is 4.25. The van der Waals surface area contributed by atoms with Gasteiger partial charge in [-0.25, -0.2) is 8.78 Å². The van der Waals surface area contributed by atoms with Crippen molar-refractivity contribution in [3.05, 3.63) is 57.6 Å². The molecule has 0 spiro atoms. The van der Waals surface area contributed by atoms with E-state index in [1.54, 1.807) is 0 Å². The van der Waals surface area contributed by atoms with Gasteiger partial charge in [0.1, 0.15) is 11.6 Å². The van der Waals surface area contributed by atoms with Crippen LogP contribution in [0.5, 0.6) is 0 Å². The van der Waals surface area contributed by atoms with Gasteiger partial charge in [0.05, 0.1) is 5.69 Å². The summed E-state index contributed by atoms with van der Waals surface area (Å²) in [6.07, 6.45) is 0. The summed E-state index contributed by atoms with van der Waals surface area (Å²) in [6.45, 7) is 1.53. The fraction of sp³-hybridized carbons (Fsp3) is 0.0714. The molecule has 2 aromatic rings. The fourth-order valence-electron chi connectivity index (χ4n) is 1.62. The van der Waals surface area contributed by atoms with E-state index < -0.39 is 17.5 Å². The van der Waals surface area contributed by atoms with Crippen molar-refractivity contribution < 1.29 is 13.6 Å². The van der Waals surface area contributed by atoms with Gasteiger partial charge in [-0.1, -0.05) is 0 Å². The van der Waals surface area contributed by atoms with Crippen molar-refractivity contribution in [2.75, 3.05) is 11.1 Å². The van der Waals surface area contributed by atoms with Crippen LogP contribution >= 0.6 is 15.9 Å². The van der Waals surface area contributed by atoms with Crippen LogP contribution in [0.1, 0.15) is 15.9 Å². The Morgan fingerprint density at radius 3 is 2.55 bits per heavy atom. The first-order valence-corrected chi connectivity index (χ1v) is 6.50. The molecule has 0 atom stereocenters. The van der Waals surface area contributed by atoms with E-state index in [0.29, 0.717) is 15.7 Å². The quantitative estimate of drug-likeness (QED) is 0.815. The Bertz CT molecular complexity index is 666. The predicted octanol–water partition coefficient (Wildman–Crippen LogP) is 3.87. The zero-order valence-corrected chi connectivity index (χ0v) is 12.1. The number of rotatable bonds is 2. The molecule has 0 aromatic heterocycles. The van der Waals surface area contributed by atoms with Crippen LogP contribution in [0, 0.1) is 18.6 Å². The van der Waals surface area contributed by atoms with E-state index in [0.717, 1.165) is 6.07 Å². The number of carbonyl (C=O) groups is 1. The molecular formula is C14H11BrF2N2O. The zero-order valence-electron chi connectivity index (χ0n) is 10.5. The molecule has 0 aliphatic heterocycles. The average molecular weight is 341 g/mol. The van der Waals surface area contributed by atoms with E-state index in [-0.39, 0.29) is 11.3 Å². The van der Waals surface area contributed by atoms with E-state index >= 15 is 0 Å². The molecule has 104 valence electrons. The predicted molar refractivity (Wildman–Crippen MR) is 77.6 cm³/mol. The van der Waals surface area contributed by atoms with E-state index in [9.17, 15) is 13.6 Å². The van der Waals surface area contributed by atoms with Gasteiger partial charge in [0.15, 0.2) is 0 Å². The highest BCUT2D eigenvalue weighted by atomic mass is 79.9. The Kier molecular flexibility index (Phi) is 4.04. The van der Waals surface area contributed by atoms with Gasteiger partial charge in [-0.15, -0.1) is 0 Å². The SMILES string of the molecule is Cc1c(N)cc(C(=O)Nc2ccc(F)cc2Br)cc1F. The number of benzene rings is 2. The smallest absolute Gasteiger partial charge is 0.255 e. The van der Waals surface area contributed by atoms with Crippen LogP contribution < -0.4 is 11.1 Å². The summed E-state index contributed by atoms with van der Waals surface area (Å²) >= 11 is 3.14. The van der Waals surface area contributed by atoms with Gasteiger partial charge >= 0.3 is 0 Å². The van der Waals surface area contributed by atoms with Crippen LogP contribution in [0.15, 0.2) is 34.8 Å². The monoisotopic (exact) mass is 340 g/mol. The Morgan fingerprint density at radius 1 is 1.25 bits per heavy atom. The molecule has 0 saturated carbocycles. The lowest BCUT2D eigenvalue weighted by atomic mass is 10.1. The van der Waals surface area contributed by atoms with Crippen molar-refractivity contribution in [3.63, 3.8) is 0 Å². The zero-order chi connectivity index (χ0) is 14.9. The molecule has 6 heteroatoms. The van der Waals surface area contributed by atoms with Gasteiger partial charge in [0.25, 0.3) is 5.91 Å². The van der Waals surface area contributed by atoms with Gasteiger partial charge in [-0.3, -0.25) is 4.79 Å². The minimum absolute atomic E-state index is 0.0989. The molecule has 1 amide bonds. The molecule has 0 saturated heterocycles. The van der Waals surface area contributed by atoms with Crippen molar-refractivity contribution in [1.29, 1.82) is 0 Å². The largest absolute Gasteiger partial charge is 0.398 e. The van der Waals surface area contributed by atoms with Crippen molar-refractivity contribution in [1.82, 2.24) is 0 Å². The summed E-state index contributed by atoms with van der Waals surface area (Å²) in [4.78, 5) is 12.0. The molecule has 2 rings (SSSR count). The lowest BCUT2D eigenvalue weighted by Crippen LogP contribution is -2.13. The van der Waals surface area contributed by atoms with Crippen molar-refractivity contribution in [2.45, 2.75) is 6.92 Å². The van der Waals surface area contributed by atoms with E-state index in [1.165, 1.54) is 31.2 Å². The molecule has 0 unspecified atom stereocenters. The van der Waals surface area contributed by atoms with E-state index in [2.05, 4.69) is 21.2 Å². The number of nitrogen functional groups attached to an aromatic ring is 1. The summed E-state index contributed by atoms with van der Waals surface area (Å²) in [5.41, 5.74) is 6.61. The third-order valence-corrected chi connectivity index (χ3v) is 3.48. The number of nitrogens with two attached hydrogens (primary N) is 1. The summed E-state index contributed by atoms with van der Waals surface area (Å²) in [5, 5.41) is 2.55. The molecule has 0 aliphatic carbocycles. The first-order chi connectivity index (χ1) is 9.38. The molecule has 3 nitrogen and oxygen atoms in total. The molecule has 0 bridgehead atoms. The molecule has 20 heavy (non-hydrogen) atoms. The number of nitrogens with one attached hydrogen (secondary N) is 1. The molecule has 0 fully saturated rings. The number of amides is 1. The molecule has 0 heterocycles. The van der Waals surface area contributed by atoms with Gasteiger partial charge in [-0.2, -0.15) is 0 Å². The number of hydrogen-bond donors (Lipinski definition) is 2. The highest BCUT2D eigenvalue weighted by Crippen LogP contribution is 2.24. The van der Waals surface area contributed by atoms with Crippen LogP contribution in [-0.4, -0.2) is 5.91 Å². The summed E-state index contributed by atoms with van der Waals surface area (Å²) in [7, 11) is 0. The van der Waals surface area contributed by atoms with E-state index in [1.807, 2.05) is 0 Å². The summed E-state index contributed by atoms with van der Waals surface area (Å²) in [6, 6.07) is 6.35. The Hall–Kier alpha value is -1.95. The number of hydrogen-bond acceptors (Lipinski definition) is 2. The fourth-order valence-corrected chi connectivity index (χ4v) is 2.07. The summed E-state index contributed by atoms with van der Waals surface area (Å²) < 4.78 is 26.9. The number of halogens is 3. The second-order valence-corrected chi connectivity index (χ2v) is 5.10. The first-order valence-electron chi connectivity index (χ1n) is 5.70. The maximum atomic E-state index is 13.6. The van der Waals surface area contributed by atoms with Crippen LogP contribution in [0.3, 0.4) is 0 Å². The molecular weight excluding hydrogens is 330 g/mol. The van der Waals surface area contributed by atoms with E-state index in [4.69, 9.17) is 5.73 Å². The van der Waals surface area contributed by atoms with Crippen LogP contribution in [0.4, 0.5) is 20.2 Å². The highest BCUT2D eigenvalue weighted by Gasteiger charge is 2.12. The lowest BCUT2D eigenvalue weighted by Gasteiger charge is -2.09. The third-order valence-electron chi connectivity index (χ3n) is 2.83. The minimum atomic E-state index is -0.548. The van der Waals surface area contributed by atoms with Gasteiger partial charge < -0.3 is 11.1 Å². The molecule has 0 aliphatic rings. The summed E-state index contributed by atoms with van der Waals surface area (Å²) in [5.74, 6) is -1.50. The molecule has 0 radical (unpaired) electrons. The van der Waals surface area contributed by atoms with Crippen LogP contribution in [0.25, 0.3) is 0 Å². The first kappa shape index (κ1) is 14.5. The third kappa shape index (κ3) is 2.96. The van der Waals surface area contributed by atoms with Crippen molar-refractivity contribution in [3.8, 4) is 0 Å². The molecule has 2 aromatic carbocycles. The standard InChI is InChI=1S/C14H11BrF2N2O/c1-7-11(17)4-8(5-12(7)18)14(20)19-13-3-2-9(16)6-10(13)15/h2-6H,18H2,1H3,(H,19,20). The number of carbonyl (C=O) groups excluding carboxylic acids is 1. The van der Waals surface area contributed by atoms with Crippen molar-refractivity contribution >= 4 is 33.2 Å². The van der Waals surface area contributed by atoms with Crippen LogP contribution in [-0.2, 0) is 0 Å². The van der Waals surface area contributed by atoms with Gasteiger partial charge in [0, 0.05) is 21.3 Å². The average Bonchev–Trinajstić information content (AvgIpc) is 2.38. The normalized spacial score (nSPS) is 10.4. The van der Waals surface area contributed by atoms with Gasteiger partial charge in [-0.05, 0) is 53.2 Å². The highest BCUT2D eigenvalue weighted by molar-refractivity contribution is 9.10. The lowest BCUT2D eigenvalue weighted by molar-refractivity contribution is 0.102. The maximum absolute atomic E-state index is 13.6.